The molecule has 2 rings (SSSR count). The molecule has 5 atom stereocenters. The molecular weight excluding hydrogens is 498 g/mol. The predicted octanol–water partition coefficient (Wildman–Crippen LogP) is 0.367. The molecule has 1 aromatic carbocycles. The third-order valence-corrected chi connectivity index (χ3v) is 6.64. The van der Waals surface area contributed by atoms with Gasteiger partial charge in [-0.05, 0) is 42.9 Å². The number of aromatic amines is 1. The zero-order valence-corrected chi connectivity index (χ0v) is 22.3. The van der Waals surface area contributed by atoms with E-state index in [1.54, 1.807) is 20.0 Å². The third-order valence-electron chi connectivity index (χ3n) is 5.99. The van der Waals surface area contributed by atoms with E-state index in [1.165, 1.54) is 18.7 Å². The summed E-state index contributed by atoms with van der Waals surface area (Å²) in [5.41, 5.74) is 7.43. The van der Waals surface area contributed by atoms with Crippen molar-refractivity contribution < 1.29 is 29.4 Å². The Labute approximate surface area is 220 Å². The second-order valence-corrected chi connectivity index (χ2v) is 10.3. The number of aliphatic hydroxyl groups excluding tert-OH is 1. The van der Waals surface area contributed by atoms with Gasteiger partial charge in [0.1, 0.15) is 18.1 Å². The second kappa shape index (κ2) is 14.0. The molecular formula is C25H37N5O6S. The normalized spacial score (nSPS) is 15.4. The molecule has 0 aliphatic heterocycles. The molecule has 37 heavy (non-hydrogen) atoms. The first kappa shape index (κ1) is 30.1. The van der Waals surface area contributed by atoms with Crippen molar-refractivity contribution in [1.29, 1.82) is 0 Å². The Morgan fingerprint density at radius 1 is 1.00 bits per heavy atom. The van der Waals surface area contributed by atoms with Crippen LogP contribution in [0.3, 0.4) is 0 Å². The largest absolute Gasteiger partial charge is 0.480 e. The molecule has 1 aromatic heterocycles. The van der Waals surface area contributed by atoms with Gasteiger partial charge < -0.3 is 36.9 Å². The fourth-order valence-corrected chi connectivity index (χ4v) is 4.29. The van der Waals surface area contributed by atoms with Crippen LogP contribution in [0, 0.1) is 5.92 Å². The Balaban J connectivity index is 2.12. The van der Waals surface area contributed by atoms with Crippen LogP contribution in [0.4, 0.5) is 0 Å². The first-order chi connectivity index (χ1) is 17.5. The smallest absolute Gasteiger partial charge is 0.326 e. The number of nitrogens with one attached hydrogen (secondary N) is 4. The highest BCUT2D eigenvalue weighted by Crippen LogP contribution is 2.19. The van der Waals surface area contributed by atoms with Crippen LogP contribution in [0.1, 0.15) is 32.8 Å². The number of amides is 3. The van der Waals surface area contributed by atoms with Crippen LogP contribution in [0.2, 0.25) is 0 Å². The lowest BCUT2D eigenvalue weighted by Gasteiger charge is -2.28. The maximum atomic E-state index is 13.1. The Bertz CT molecular complexity index is 1090. The molecule has 5 unspecified atom stereocenters. The number of carboxylic acid groups (broad SMARTS) is 1. The molecule has 11 nitrogen and oxygen atoms in total. The number of thioether (sulfide) groups is 1. The summed E-state index contributed by atoms with van der Waals surface area (Å²) in [5.74, 6) is -3.05. The molecule has 3 amide bonds. The molecule has 0 spiro atoms. The van der Waals surface area contributed by atoms with Gasteiger partial charge in [-0.1, -0.05) is 32.0 Å². The van der Waals surface area contributed by atoms with E-state index >= 15 is 0 Å². The zero-order chi connectivity index (χ0) is 27.7. The highest BCUT2D eigenvalue weighted by molar-refractivity contribution is 7.98. The number of hydrogen-bond acceptors (Lipinski definition) is 7. The van der Waals surface area contributed by atoms with Gasteiger partial charge in [0.25, 0.3) is 0 Å². The number of benzene rings is 1. The van der Waals surface area contributed by atoms with Crippen molar-refractivity contribution in [2.45, 2.75) is 63.9 Å². The first-order valence-corrected chi connectivity index (χ1v) is 13.5. The van der Waals surface area contributed by atoms with Crippen LogP contribution in [-0.4, -0.2) is 81.2 Å². The summed E-state index contributed by atoms with van der Waals surface area (Å²) in [6.45, 7) is 4.71. The molecule has 0 radical (unpaired) electrons. The Morgan fingerprint density at radius 3 is 2.22 bits per heavy atom. The number of carbonyl (C=O) groups is 4. The number of fused-ring (bicyclic) bond motifs is 1. The van der Waals surface area contributed by atoms with E-state index in [2.05, 4.69) is 20.9 Å². The van der Waals surface area contributed by atoms with Crippen molar-refractivity contribution in [3.8, 4) is 0 Å². The summed E-state index contributed by atoms with van der Waals surface area (Å²) in [5, 5.41) is 28.3. The Morgan fingerprint density at radius 2 is 1.62 bits per heavy atom. The Hall–Kier alpha value is -3.09. The average Bonchev–Trinajstić information content (AvgIpc) is 3.25. The van der Waals surface area contributed by atoms with Crippen LogP contribution in [0.25, 0.3) is 10.9 Å². The number of carbonyl (C=O) groups excluding carboxylic acids is 3. The van der Waals surface area contributed by atoms with Crippen molar-refractivity contribution in [2.75, 3.05) is 12.0 Å². The van der Waals surface area contributed by atoms with E-state index in [0.717, 1.165) is 16.5 Å². The number of aliphatic carboxylic acids is 1. The lowest BCUT2D eigenvalue weighted by molar-refractivity contribution is -0.142. The Kier molecular flexibility index (Phi) is 11.4. The lowest BCUT2D eigenvalue weighted by Crippen LogP contribution is -2.60. The summed E-state index contributed by atoms with van der Waals surface area (Å²) in [6, 6.07) is 2.87. The van der Waals surface area contributed by atoms with Gasteiger partial charge in [0.15, 0.2) is 0 Å². The van der Waals surface area contributed by atoms with Gasteiger partial charge in [-0.2, -0.15) is 11.8 Å². The predicted molar refractivity (Wildman–Crippen MR) is 143 cm³/mol. The standard InChI is InChI=1S/C25H37N5O6S/c1-13(2)20(29-24(34)21(14(3)31)30-22(32)17(26)9-10-37-4)23(33)28-19(25(35)36)11-15-12-27-18-8-6-5-7-16(15)18/h5-8,12-14,17,19-21,27,31H,9-11,26H2,1-4H3,(H,28,33)(H,29,34)(H,30,32)(H,35,36). The van der Waals surface area contributed by atoms with Crippen LogP contribution in [-0.2, 0) is 25.6 Å². The zero-order valence-electron chi connectivity index (χ0n) is 21.5. The van der Waals surface area contributed by atoms with E-state index < -0.39 is 59.9 Å². The molecule has 0 aliphatic rings. The minimum absolute atomic E-state index is 0.0319. The quantitative estimate of drug-likeness (QED) is 0.181. The second-order valence-electron chi connectivity index (χ2n) is 9.31. The fourth-order valence-electron chi connectivity index (χ4n) is 3.80. The molecule has 0 bridgehead atoms. The van der Waals surface area contributed by atoms with E-state index in [-0.39, 0.29) is 6.42 Å². The average molecular weight is 536 g/mol. The maximum absolute atomic E-state index is 13.1. The highest BCUT2D eigenvalue weighted by atomic mass is 32.2. The third kappa shape index (κ3) is 8.48. The van der Waals surface area contributed by atoms with Crippen molar-refractivity contribution in [3.05, 3.63) is 36.0 Å². The minimum Gasteiger partial charge on any atom is -0.480 e. The number of rotatable bonds is 14. The SMILES string of the molecule is CSCCC(N)C(=O)NC(C(=O)NC(C(=O)NC(Cc1c[nH]c2ccccc12)C(=O)O)C(C)C)C(C)O. The van der Waals surface area contributed by atoms with Gasteiger partial charge in [-0.15, -0.1) is 0 Å². The summed E-state index contributed by atoms with van der Waals surface area (Å²) < 4.78 is 0. The van der Waals surface area contributed by atoms with Gasteiger partial charge in [-0.25, -0.2) is 4.79 Å². The maximum Gasteiger partial charge on any atom is 0.326 e. The van der Waals surface area contributed by atoms with Crippen LogP contribution >= 0.6 is 11.8 Å². The van der Waals surface area contributed by atoms with Crippen LogP contribution in [0.5, 0.6) is 0 Å². The van der Waals surface area contributed by atoms with E-state index in [1.807, 2.05) is 30.5 Å². The number of hydrogen-bond donors (Lipinski definition) is 7. The lowest BCUT2D eigenvalue weighted by atomic mass is 10.00. The van der Waals surface area contributed by atoms with Crippen molar-refractivity contribution in [1.82, 2.24) is 20.9 Å². The molecule has 204 valence electrons. The molecule has 0 aliphatic carbocycles. The molecule has 0 fully saturated rings. The summed E-state index contributed by atoms with van der Waals surface area (Å²) >= 11 is 1.53. The van der Waals surface area contributed by atoms with E-state index in [0.29, 0.717) is 12.2 Å². The van der Waals surface area contributed by atoms with Crippen molar-refractivity contribution in [3.63, 3.8) is 0 Å². The number of nitrogens with two attached hydrogens (primary N) is 1. The number of aliphatic hydroxyl groups is 1. The van der Waals surface area contributed by atoms with Crippen LogP contribution in [0.15, 0.2) is 30.5 Å². The van der Waals surface area contributed by atoms with Crippen molar-refractivity contribution >= 4 is 46.4 Å². The first-order valence-electron chi connectivity index (χ1n) is 12.1. The summed E-state index contributed by atoms with van der Waals surface area (Å²) in [6.07, 6.45) is 2.74. The molecule has 8 N–H and O–H groups in total. The van der Waals surface area contributed by atoms with E-state index in [9.17, 15) is 29.4 Å². The van der Waals surface area contributed by atoms with Crippen LogP contribution < -0.4 is 21.7 Å². The van der Waals surface area contributed by atoms with Gasteiger partial charge >= 0.3 is 5.97 Å². The molecule has 0 saturated heterocycles. The van der Waals surface area contributed by atoms with Gasteiger partial charge in [0, 0.05) is 23.5 Å². The molecule has 1 heterocycles. The topological polar surface area (TPSA) is 187 Å². The highest BCUT2D eigenvalue weighted by Gasteiger charge is 2.33. The van der Waals surface area contributed by atoms with Crippen molar-refractivity contribution in [2.24, 2.45) is 11.7 Å². The van der Waals surface area contributed by atoms with E-state index in [4.69, 9.17) is 5.73 Å². The molecule has 2 aromatic rings. The minimum atomic E-state index is -1.34. The number of para-hydroxylation sites is 1. The monoisotopic (exact) mass is 535 g/mol. The number of carboxylic acids is 1. The van der Waals surface area contributed by atoms with Gasteiger partial charge in [0.05, 0.1) is 12.1 Å². The molecule has 12 heteroatoms. The van der Waals surface area contributed by atoms with Gasteiger partial charge in [-0.3, -0.25) is 14.4 Å². The molecule has 0 saturated carbocycles. The summed E-state index contributed by atoms with van der Waals surface area (Å²) in [4.78, 5) is 53.5. The fraction of sp³-hybridized carbons (Fsp3) is 0.520. The number of H-pyrrole nitrogens is 1. The van der Waals surface area contributed by atoms with Gasteiger partial charge in [0.2, 0.25) is 17.7 Å². The summed E-state index contributed by atoms with van der Waals surface area (Å²) in [7, 11) is 0. The number of aromatic nitrogens is 1.